The predicted molar refractivity (Wildman–Crippen MR) is 61.3 cm³/mol. The molecule has 0 fully saturated rings. The first-order valence-electron chi connectivity index (χ1n) is 4.70. The van der Waals surface area contributed by atoms with Crippen molar-refractivity contribution in [2.75, 3.05) is 0 Å². The molecule has 76 valence electrons. The zero-order chi connectivity index (χ0) is 10.5. The van der Waals surface area contributed by atoms with Crippen LogP contribution in [-0.4, -0.2) is 10.1 Å². The monoisotopic (exact) mass is 246 g/mol. The van der Waals surface area contributed by atoms with Gasteiger partial charge >= 0.3 is 0 Å². The van der Waals surface area contributed by atoms with Crippen molar-refractivity contribution in [3.8, 4) is 0 Å². The molecule has 0 aromatic carbocycles. The summed E-state index contributed by atoms with van der Waals surface area (Å²) in [6.07, 6.45) is 3.76. The quantitative estimate of drug-likeness (QED) is 0.395. The predicted octanol–water partition coefficient (Wildman–Crippen LogP) is 3.87. The topological polar surface area (TPSA) is 17.1 Å². The molecule has 0 bridgehead atoms. The SMILES string of the molecule is C=C(C)CCCCC(=O)C(C)(C)Br. The second-order valence-electron chi connectivity index (χ2n) is 4.06. The zero-order valence-electron chi connectivity index (χ0n) is 8.82. The highest BCUT2D eigenvalue weighted by molar-refractivity contribution is 9.10. The Morgan fingerprint density at radius 2 is 1.77 bits per heavy atom. The molecule has 0 unspecified atom stereocenters. The summed E-state index contributed by atoms with van der Waals surface area (Å²) in [5, 5.41) is 0. The van der Waals surface area contributed by atoms with Gasteiger partial charge in [-0.15, -0.1) is 6.58 Å². The highest BCUT2D eigenvalue weighted by Gasteiger charge is 2.22. The van der Waals surface area contributed by atoms with Gasteiger partial charge in [0.15, 0.2) is 0 Å². The lowest BCUT2D eigenvalue weighted by Crippen LogP contribution is -2.23. The molecule has 0 heterocycles. The van der Waals surface area contributed by atoms with Crippen LogP contribution in [0.5, 0.6) is 0 Å². The number of hydrogen-bond acceptors (Lipinski definition) is 1. The Bertz CT molecular complexity index is 189. The smallest absolute Gasteiger partial charge is 0.148 e. The van der Waals surface area contributed by atoms with E-state index < -0.39 is 0 Å². The molecule has 1 nitrogen and oxygen atoms in total. The van der Waals surface area contributed by atoms with Crippen LogP contribution in [0.25, 0.3) is 0 Å². The number of carbonyl (C=O) groups excluding carboxylic acids is 1. The van der Waals surface area contributed by atoms with Gasteiger partial charge in [-0.2, -0.15) is 0 Å². The molecule has 0 radical (unpaired) electrons. The van der Waals surface area contributed by atoms with Crippen LogP contribution in [0.15, 0.2) is 12.2 Å². The lowest BCUT2D eigenvalue weighted by Gasteiger charge is -2.13. The number of ketones is 1. The first-order chi connectivity index (χ1) is 5.84. The third kappa shape index (κ3) is 7.00. The van der Waals surface area contributed by atoms with E-state index in [0.717, 1.165) is 19.3 Å². The highest BCUT2D eigenvalue weighted by atomic mass is 79.9. The second kappa shape index (κ2) is 5.58. The molecule has 0 rings (SSSR count). The van der Waals surface area contributed by atoms with Crippen molar-refractivity contribution in [3.05, 3.63) is 12.2 Å². The molecular formula is C11H19BrO. The van der Waals surface area contributed by atoms with Crippen LogP contribution < -0.4 is 0 Å². The molecule has 13 heavy (non-hydrogen) atoms. The number of hydrogen-bond donors (Lipinski definition) is 0. The van der Waals surface area contributed by atoms with Gasteiger partial charge in [-0.3, -0.25) is 4.79 Å². The maximum absolute atomic E-state index is 11.4. The molecule has 0 aromatic rings. The Morgan fingerprint density at radius 1 is 1.31 bits per heavy atom. The van der Waals surface area contributed by atoms with Gasteiger partial charge < -0.3 is 0 Å². The average molecular weight is 247 g/mol. The van der Waals surface area contributed by atoms with E-state index in [9.17, 15) is 4.79 Å². The summed E-state index contributed by atoms with van der Waals surface area (Å²) in [5.41, 5.74) is 1.20. The lowest BCUT2D eigenvalue weighted by molar-refractivity contribution is -0.120. The number of unbranched alkanes of at least 4 members (excludes halogenated alkanes) is 1. The summed E-state index contributed by atoms with van der Waals surface area (Å²) >= 11 is 3.36. The van der Waals surface area contributed by atoms with Gasteiger partial charge in [-0.25, -0.2) is 0 Å². The third-order valence-electron chi connectivity index (χ3n) is 1.92. The Morgan fingerprint density at radius 3 is 2.15 bits per heavy atom. The molecule has 0 aliphatic rings. The van der Waals surface area contributed by atoms with Crippen LogP contribution in [0.4, 0.5) is 0 Å². The first kappa shape index (κ1) is 12.9. The van der Waals surface area contributed by atoms with Gasteiger partial charge in [0.05, 0.1) is 4.32 Å². The van der Waals surface area contributed by atoms with Crippen molar-refractivity contribution in [1.29, 1.82) is 0 Å². The summed E-state index contributed by atoms with van der Waals surface area (Å²) in [7, 11) is 0. The summed E-state index contributed by atoms with van der Waals surface area (Å²) in [5.74, 6) is 0.286. The van der Waals surface area contributed by atoms with E-state index in [0.29, 0.717) is 6.42 Å². The van der Waals surface area contributed by atoms with Crippen LogP contribution >= 0.6 is 15.9 Å². The highest BCUT2D eigenvalue weighted by Crippen LogP contribution is 2.20. The Balaban J connectivity index is 3.55. The maximum atomic E-state index is 11.4. The fourth-order valence-corrected chi connectivity index (χ4v) is 1.21. The molecule has 0 N–H and O–H groups in total. The zero-order valence-corrected chi connectivity index (χ0v) is 10.4. The van der Waals surface area contributed by atoms with Crippen molar-refractivity contribution in [2.24, 2.45) is 0 Å². The van der Waals surface area contributed by atoms with Crippen LogP contribution in [0.2, 0.25) is 0 Å². The van der Waals surface area contributed by atoms with Crippen molar-refractivity contribution < 1.29 is 4.79 Å². The van der Waals surface area contributed by atoms with Crippen LogP contribution in [0.3, 0.4) is 0 Å². The Hall–Kier alpha value is -0.110. The van der Waals surface area contributed by atoms with Gasteiger partial charge in [0.1, 0.15) is 5.78 Å². The molecule has 0 atom stereocenters. The normalized spacial score (nSPS) is 11.4. The molecule has 0 aliphatic heterocycles. The Kier molecular flexibility index (Phi) is 5.54. The van der Waals surface area contributed by atoms with Gasteiger partial charge in [0.2, 0.25) is 0 Å². The molecule has 0 saturated heterocycles. The van der Waals surface area contributed by atoms with Gasteiger partial charge in [-0.1, -0.05) is 21.5 Å². The summed E-state index contributed by atoms with van der Waals surface area (Å²) in [4.78, 5) is 11.4. The van der Waals surface area contributed by atoms with E-state index in [1.807, 2.05) is 20.8 Å². The van der Waals surface area contributed by atoms with Crippen LogP contribution in [0, 0.1) is 0 Å². The molecule has 0 spiro atoms. The third-order valence-corrected chi connectivity index (χ3v) is 2.36. The van der Waals surface area contributed by atoms with E-state index in [1.54, 1.807) is 0 Å². The van der Waals surface area contributed by atoms with E-state index in [-0.39, 0.29) is 10.1 Å². The number of halogens is 1. The summed E-state index contributed by atoms with van der Waals surface area (Å²) in [6.45, 7) is 9.64. The number of allylic oxidation sites excluding steroid dienone is 1. The molecule has 0 aliphatic carbocycles. The van der Waals surface area contributed by atoms with Crippen LogP contribution in [-0.2, 0) is 4.79 Å². The Labute approximate surface area is 89.7 Å². The fourth-order valence-electron chi connectivity index (χ4n) is 1.01. The maximum Gasteiger partial charge on any atom is 0.148 e. The largest absolute Gasteiger partial charge is 0.298 e. The minimum absolute atomic E-state index is 0.286. The van der Waals surface area contributed by atoms with Gasteiger partial charge in [0.25, 0.3) is 0 Å². The average Bonchev–Trinajstić information content (AvgIpc) is 1.95. The summed E-state index contributed by atoms with van der Waals surface area (Å²) < 4.78 is -0.351. The van der Waals surface area contributed by atoms with Crippen LogP contribution in [0.1, 0.15) is 46.5 Å². The number of alkyl halides is 1. The molecule has 2 heteroatoms. The summed E-state index contributed by atoms with van der Waals surface area (Å²) in [6, 6.07) is 0. The first-order valence-corrected chi connectivity index (χ1v) is 5.50. The van der Waals surface area contributed by atoms with Crippen molar-refractivity contribution in [3.63, 3.8) is 0 Å². The second-order valence-corrected chi connectivity index (χ2v) is 6.04. The fraction of sp³-hybridized carbons (Fsp3) is 0.727. The van der Waals surface area contributed by atoms with Gasteiger partial charge in [0, 0.05) is 6.42 Å². The van der Waals surface area contributed by atoms with E-state index in [2.05, 4.69) is 22.5 Å². The van der Waals surface area contributed by atoms with Crippen molar-refractivity contribution in [2.45, 2.75) is 50.8 Å². The lowest BCUT2D eigenvalue weighted by atomic mass is 10.0. The number of rotatable bonds is 6. The molecular weight excluding hydrogens is 228 g/mol. The molecule has 0 saturated carbocycles. The molecule has 0 amide bonds. The number of carbonyl (C=O) groups is 1. The van der Waals surface area contributed by atoms with E-state index >= 15 is 0 Å². The van der Waals surface area contributed by atoms with Gasteiger partial charge in [-0.05, 0) is 40.0 Å². The van der Waals surface area contributed by atoms with E-state index in [1.165, 1.54) is 5.57 Å². The minimum Gasteiger partial charge on any atom is -0.298 e. The van der Waals surface area contributed by atoms with Crippen molar-refractivity contribution >= 4 is 21.7 Å². The van der Waals surface area contributed by atoms with Crippen molar-refractivity contribution in [1.82, 2.24) is 0 Å². The molecule has 0 aromatic heterocycles. The van der Waals surface area contributed by atoms with E-state index in [4.69, 9.17) is 0 Å². The minimum atomic E-state index is -0.351. The number of Topliss-reactive ketones (excluding diaryl/α,β-unsaturated/α-hetero) is 1. The standard InChI is InChI=1S/C11H19BrO/c1-9(2)7-5-6-8-10(13)11(3,4)12/h1,5-8H2,2-4H3.